The van der Waals surface area contributed by atoms with Crippen LogP contribution in [0.3, 0.4) is 0 Å². The van der Waals surface area contributed by atoms with Crippen LogP contribution in [0, 0.1) is 11.8 Å². The third-order valence-electron chi connectivity index (χ3n) is 5.63. The summed E-state index contributed by atoms with van der Waals surface area (Å²) in [5.74, 6) is -2.74. The summed E-state index contributed by atoms with van der Waals surface area (Å²) in [5, 5.41) is 10.7. The molecule has 0 aliphatic carbocycles. The van der Waals surface area contributed by atoms with Crippen LogP contribution in [-0.2, 0) is 14.4 Å². The number of aldehydes is 1. The van der Waals surface area contributed by atoms with Gasteiger partial charge in [0.2, 0.25) is 11.8 Å². The van der Waals surface area contributed by atoms with Crippen LogP contribution in [0.5, 0.6) is 0 Å². The Morgan fingerprint density at radius 2 is 1.51 bits per heavy atom. The second-order valence-corrected chi connectivity index (χ2v) is 9.18. The van der Waals surface area contributed by atoms with Crippen LogP contribution in [0.25, 0.3) is 0 Å². The number of carbonyl (C=O) groups is 5. The van der Waals surface area contributed by atoms with Gasteiger partial charge in [0.1, 0.15) is 24.1 Å². The molecule has 0 fully saturated rings. The number of hydrogen-bond acceptors (Lipinski definition) is 7. The average Bonchev–Trinajstić information content (AvgIpc) is 2.88. The van der Waals surface area contributed by atoms with Gasteiger partial charge in [-0.25, -0.2) is 4.98 Å². The van der Waals surface area contributed by atoms with Crippen LogP contribution in [0.1, 0.15) is 61.9 Å². The molecule has 1 aromatic heterocycles. The van der Waals surface area contributed by atoms with Gasteiger partial charge in [-0.3, -0.25) is 24.2 Å². The van der Waals surface area contributed by atoms with Crippen molar-refractivity contribution in [3.05, 3.63) is 54.1 Å². The Bertz CT molecular complexity index is 1110. The molecule has 0 spiro atoms. The van der Waals surface area contributed by atoms with Gasteiger partial charge in [0.25, 0.3) is 11.8 Å². The molecule has 0 saturated carbocycles. The molecule has 2 rings (SSSR count). The fourth-order valence-corrected chi connectivity index (χ4v) is 3.42. The molecule has 2 aromatic rings. The van der Waals surface area contributed by atoms with E-state index in [9.17, 15) is 24.0 Å². The Kier molecular flexibility index (Phi) is 10.9. The first-order valence-corrected chi connectivity index (χ1v) is 12.1. The van der Waals surface area contributed by atoms with E-state index >= 15 is 0 Å². The molecule has 3 atom stereocenters. The zero-order valence-electron chi connectivity index (χ0n) is 21.6. The Labute approximate surface area is 216 Å². The van der Waals surface area contributed by atoms with E-state index < -0.39 is 41.8 Å². The molecule has 0 aliphatic heterocycles. The maximum atomic E-state index is 13.2. The molecule has 1 heterocycles. The quantitative estimate of drug-likeness (QED) is 0.316. The number of nitrogens with zero attached hydrogens (tertiary/aromatic N) is 2. The summed E-state index contributed by atoms with van der Waals surface area (Å²) in [6.45, 7) is 8.83. The van der Waals surface area contributed by atoms with Crippen molar-refractivity contribution in [1.82, 2.24) is 25.9 Å². The number of para-hydroxylation sites is 1. The lowest BCUT2D eigenvalue weighted by Gasteiger charge is -2.27. The predicted molar refractivity (Wildman–Crippen MR) is 138 cm³/mol. The molecule has 0 bridgehead atoms. The third-order valence-corrected chi connectivity index (χ3v) is 5.63. The number of anilines is 1. The van der Waals surface area contributed by atoms with Crippen LogP contribution in [0.2, 0.25) is 0 Å². The van der Waals surface area contributed by atoms with E-state index in [4.69, 9.17) is 0 Å². The predicted octanol–water partition coefficient (Wildman–Crippen LogP) is 1.72. The van der Waals surface area contributed by atoms with Crippen LogP contribution in [0.4, 0.5) is 5.69 Å². The molecule has 0 saturated heterocycles. The lowest BCUT2D eigenvalue weighted by atomic mass is 9.99. The van der Waals surface area contributed by atoms with E-state index in [1.54, 1.807) is 52.8 Å². The van der Waals surface area contributed by atoms with E-state index in [0.29, 0.717) is 12.7 Å². The van der Waals surface area contributed by atoms with Gasteiger partial charge >= 0.3 is 0 Å². The summed E-state index contributed by atoms with van der Waals surface area (Å²) >= 11 is 0. The van der Waals surface area contributed by atoms with Gasteiger partial charge in [-0.15, -0.1) is 0 Å². The van der Waals surface area contributed by atoms with E-state index in [-0.39, 0.29) is 28.8 Å². The van der Waals surface area contributed by atoms with Crippen LogP contribution in [-0.4, -0.2) is 58.0 Å². The Balaban J connectivity index is 2.18. The van der Waals surface area contributed by atoms with Crippen molar-refractivity contribution in [1.29, 1.82) is 0 Å². The number of amides is 4. The first kappa shape index (κ1) is 29.1. The normalized spacial score (nSPS) is 13.3. The van der Waals surface area contributed by atoms with Crippen molar-refractivity contribution < 1.29 is 24.0 Å². The number of benzene rings is 1. The zero-order chi connectivity index (χ0) is 27.5. The number of nitrogens with one attached hydrogen (secondary N) is 4. The average molecular weight is 511 g/mol. The van der Waals surface area contributed by atoms with Gasteiger partial charge < -0.3 is 26.1 Å². The summed E-state index contributed by atoms with van der Waals surface area (Å²) in [6.07, 6.45) is 5.17. The summed E-state index contributed by atoms with van der Waals surface area (Å²) in [4.78, 5) is 70.5. The number of carbonyl (C=O) groups excluding carboxylic acids is 5. The number of hydrogen-bond donors (Lipinski definition) is 4. The minimum Gasteiger partial charge on any atom is -0.342 e. The summed E-state index contributed by atoms with van der Waals surface area (Å²) in [6, 6.07) is 3.84. The minimum absolute atomic E-state index is 0.0638. The highest BCUT2D eigenvalue weighted by Crippen LogP contribution is 2.17. The van der Waals surface area contributed by atoms with Gasteiger partial charge in [0.15, 0.2) is 0 Å². The molecule has 37 heavy (non-hydrogen) atoms. The Morgan fingerprint density at radius 1 is 0.865 bits per heavy atom. The second kappa shape index (κ2) is 13.8. The smallest absolute Gasteiger partial charge is 0.272 e. The number of aromatic nitrogens is 2. The summed E-state index contributed by atoms with van der Waals surface area (Å²) in [7, 11) is 0. The molecule has 1 aromatic carbocycles. The fraction of sp³-hybridized carbons (Fsp3) is 0.423. The third kappa shape index (κ3) is 8.19. The SMILES string of the molecule is CCC(C=O)NC(=O)c1ccccc1NC(=O)C(NC(=O)C(NC(=O)c1cnccn1)C(C)C)C(C)C. The zero-order valence-corrected chi connectivity index (χ0v) is 21.6. The molecular formula is C26H34N6O5. The molecular weight excluding hydrogens is 476 g/mol. The summed E-state index contributed by atoms with van der Waals surface area (Å²) < 4.78 is 0. The Hall–Kier alpha value is -4.15. The van der Waals surface area contributed by atoms with Gasteiger partial charge in [0.05, 0.1) is 23.5 Å². The Morgan fingerprint density at radius 3 is 2.08 bits per heavy atom. The van der Waals surface area contributed by atoms with Gasteiger partial charge in [-0.1, -0.05) is 46.8 Å². The standard InChI is InChI=1S/C26H34N6O5/c1-6-17(14-33)29-23(34)18-9-7-8-10-19(18)30-25(36)21(15(2)3)32-26(37)22(16(4)5)31-24(35)20-13-27-11-12-28-20/h7-17,21-22H,6H2,1-5H3,(H,29,34)(H,30,36)(H,31,35)(H,32,37). The van der Waals surface area contributed by atoms with Crippen molar-refractivity contribution in [2.24, 2.45) is 11.8 Å². The first-order chi connectivity index (χ1) is 17.6. The molecule has 3 unspecified atom stereocenters. The van der Waals surface area contributed by atoms with E-state index in [0.717, 1.165) is 0 Å². The molecule has 4 N–H and O–H groups in total. The summed E-state index contributed by atoms with van der Waals surface area (Å²) in [5.41, 5.74) is 0.483. The largest absolute Gasteiger partial charge is 0.342 e. The molecule has 198 valence electrons. The lowest BCUT2D eigenvalue weighted by Crippen LogP contribution is -2.56. The van der Waals surface area contributed by atoms with Crippen LogP contribution >= 0.6 is 0 Å². The molecule has 11 heteroatoms. The van der Waals surface area contributed by atoms with Crippen molar-refractivity contribution in [2.75, 3.05) is 5.32 Å². The van der Waals surface area contributed by atoms with Gasteiger partial charge in [-0.2, -0.15) is 0 Å². The molecule has 0 radical (unpaired) electrons. The molecule has 0 aliphatic rings. The van der Waals surface area contributed by atoms with Gasteiger partial charge in [-0.05, 0) is 30.4 Å². The van der Waals surface area contributed by atoms with Crippen molar-refractivity contribution in [3.63, 3.8) is 0 Å². The highest BCUT2D eigenvalue weighted by Gasteiger charge is 2.31. The van der Waals surface area contributed by atoms with E-state index in [2.05, 4.69) is 31.2 Å². The molecule has 11 nitrogen and oxygen atoms in total. The highest BCUT2D eigenvalue weighted by atomic mass is 16.2. The van der Waals surface area contributed by atoms with Crippen LogP contribution < -0.4 is 21.3 Å². The van der Waals surface area contributed by atoms with Crippen molar-refractivity contribution in [3.8, 4) is 0 Å². The number of rotatable bonds is 12. The van der Waals surface area contributed by atoms with Crippen molar-refractivity contribution >= 4 is 35.6 Å². The van der Waals surface area contributed by atoms with Gasteiger partial charge in [0, 0.05) is 12.4 Å². The fourth-order valence-electron chi connectivity index (χ4n) is 3.42. The monoisotopic (exact) mass is 510 g/mol. The van der Waals surface area contributed by atoms with Crippen molar-refractivity contribution in [2.45, 2.75) is 59.2 Å². The maximum Gasteiger partial charge on any atom is 0.272 e. The maximum absolute atomic E-state index is 13.2. The second-order valence-electron chi connectivity index (χ2n) is 9.18. The highest BCUT2D eigenvalue weighted by molar-refractivity contribution is 6.06. The first-order valence-electron chi connectivity index (χ1n) is 12.1. The molecule has 4 amide bonds. The lowest BCUT2D eigenvalue weighted by molar-refractivity contribution is -0.129. The minimum atomic E-state index is -0.961. The van der Waals surface area contributed by atoms with E-state index in [1.165, 1.54) is 24.7 Å². The topological polar surface area (TPSA) is 159 Å². The van der Waals surface area contributed by atoms with E-state index in [1.807, 2.05) is 0 Å². The van der Waals surface area contributed by atoms with Crippen LogP contribution in [0.15, 0.2) is 42.9 Å².